The Bertz CT molecular complexity index is 1360. The third-order valence-electron chi connectivity index (χ3n) is 5.87. The SMILES string of the molecule is O=C(Cn1nc2n(CCc3ccccc3)c(=O)c3sccc3n2c1=O)NC1CCCC1. The molecule has 1 aromatic carbocycles. The second-order valence-corrected chi connectivity index (χ2v) is 8.87. The summed E-state index contributed by atoms with van der Waals surface area (Å²) in [7, 11) is 0. The summed E-state index contributed by atoms with van der Waals surface area (Å²) in [6, 6.07) is 11.8. The van der Waals surface area contributed by atoms with E-state index in [2.05, 4.69) is 10.4 Å². The highest BCUT2D eigenvalue weighted by Crippen LogP contribution is 2.18. The van der Waals surface area contributed by atoms with Crippen LogP contribution in [0.1, 0.15) is 31.2 Å². The summed E-state index contributed by atoms with van der Waals surface area (Å²) in [4.78, 5) is 38.7. The van der Waals surface area contributed by atoms with Crippen molar-refractivity contribution >= 4 is 33.2 Å². The van der Waals surface area contributed by atoms with Crippen LogP contribution in [0.5, 0.6) is 0 Å². The Labute approximate surface area is 181 Å². The van der Waals surface area contributed by atoms with Crippen LogP contribution >= 0.6 is 11.3 Å². The second kappa shape index (κ2) is 8.14. The summed E-state index contributed by atoms with van der Waals surface area (Å²) in [6.07, 6.45) is 4.81. The number of fused-ring (bicyclic) bond motifs is 3. The van der Waals surface area contributed by atoms with Gasteiger partial charge in [-0.1, -0.05) is 43.2 Å². The Kier molecular flexibility index (Phi) is 5.19. The lowest BCUT2D eigenvalue weighted by Crippen LogP contribution is -2.37. The van der Waals surface area contributed by atoms with E-state index in [4.69, 9.17) is 0 Å². The van der Waals surface area contributed by atoms with E-state index in [-0.39, 0.29) is 29.8 Å². The predicted octanol–water partition coefficient (Wildman–Crippen LogP) is 2.17. The summed E-state index contributed by atoms with van der Waals surface area (Å²) in [5.41, 5.74) is 1.05. The second-order valence-electron chi connectivity index (χ2n) is 7.95. The molecule has 0 radical (unpaired) electrons. The van der Waals surface area contributed by atoms with Gasteiger partial charge in [0.25, 0.3) is 5.56 Å². The lowest BCUT2D eigenvalue weighted by Gasteiger charge is -2.11. The Morgan fingerprint density at radius 1 is 1.13 bits per heavy atom. The van der Waals surface area contributed by atoms with Crippen molar-refractivity contribution in [2.75, 3.05) is 0 Å². The first-order valence-corrected chi connectivity index (χ1v) is 11.4. The molecule has 1 saturated carbocycles. The lowest BCUT2D eigenvalue weighted by atomic mass is 10.1. The van der Waals surface area contributed by atoms with Gasteiger partial charge in [-0.05, 0) is 36.3 Å². The van der Waals surface area contributed by atoms with E-state index in [1.54, 1.807) is 16.0 Å². The molecule has 1 amide bonds. The number of aromatic nitrogens is 4. The van der Waals surface area contributed by atoms with Gasteiger partial charge in [0.2, 0.25) is 11.7 Å². The largest absolute Gasteiger partial charge is 0.352 e. The first-order valence-electron chi connectivity index (χ1n) is 10.5. The van der Waals surface area contributed by atoms with Gasteiger partial charge < -0.3 is 5.32 Å². The normalized spacial score (nSPS) is 14.6. The number of nitrogens with one attached hydrogen (secondary N) is 1. The third kappa shape index (κ3) is 3.69. The van der Waals surface area contributed by atoms with Crippen LogP contribution < -0.4 is 16.6 Å². The number of thiophene rings is 1. The van der Waals surface area contributed by atoms with Crippen molar-refractivity contribution in [3.05, 3.63) is 68.2 Å². The van der Waals surface area contributed by atoms with E-state index in [1.807, 2.05) is 30.3 Å². The molecule has 5 rings (SSSR count). The fraction of sp³-hybridized carbons (Fsp3) is 0.364. The van der Waals surface area contributed by atoms with Crippen LogP contribution in [-0.4, -0.2) is 30.7 Å². The maximum Gasteiger partial charge on any atom is 0.352 e. The zero-order chi connectivity index (χ0) is 21.4. The minimum Gasteiger partial charge on any atom is -0.352 e. The molecule has 31 heavy (non-hydrogen) atoms. The van der Waals surface area contributed by atoms with Crippen molar-refractivity contribution in [1.82, 2.24) is 24.1 Å². The molecule has 3 aromatic heterocycles. The standard InChI is InChI=1S/C22H23N5O3S/c28-18(23-16-8-4-5-9-16)14-26-22(30)27-17-11-13-31-19(17)20(29)25(21(27)24-26)12-10-15-6-2-1-3-7-15/h1-3,6-7,11,13,16H,4-5,8-10,12,14H2,(H,23,28). The summed E-state index contributed by atoms with van der Waals surface area (Å²) in [6.45, 7) is 0.237. The molecule has 3 heterocycles. The minimum absolute atomic E-state index is 0.157. The number of rotatable bonds is 6. The fourth-order valence-corrected chi connectivity index (χ4v) is 5.13. The van der Waals surface area contributed by atoms with Crippen molar-refractivity contribution in [3.63, 3.8) is 0 Å². The zero-order valence-corrected chi connectivity index (χ0v) is 17.8. The van der Waals surface area contributed by atoms with E-state index in [0.717, 1.165) is 35.9 Å². The number of aryl methyl sites for hydroxylation is 2. The van der Waals surface area contributed by atoms with Crippen LogP contribution in [0.3, 0.4) is 0 Å². The number of carbonyl (C=O) groups is 1. The molecule has 1 fully saturated rings. The van der Waals surface area contributed by atoms with Crippen LogP contribution in [0.2, 0.25) is 0 Å². The monoisotopic (exact) mass is 437 g/mol. The highest BCUT2D eigenvalue weighted by Gasteiger charge is 2.21. The van der Waals surface area contributed by atoms with Crippen molar-refractivity contribution < 1.29 is 4.79 Å². The molecule has 0 spiro atoms. The maximum atomic E-state index is 13.1. The number of hydrogen-bond donors (Lipinski definition) is 1. The molecule has 8 nitrogen and oxygen atoms in total. The highest BCUT2D eigenvalue weighted by atomic mass is 32.1. The van der Waals surface area contributed by atoms with Crippen LogP contribution in [0.25, 0.3) is 16.0 Å². The topological polar surface area (TPSA) is 90.4 Å². The van der Waals surface area contributed by atoms with E-state index in [0.29, 0.717) is 23.2 Å². The average molecular weight is 438 g/mol. The summed E-state index contributed by atoms with van der Waals surface area (Å²) >= 11 is 1.31. The molecule has 1 aliphatic rings. The molecule has 4 aromatic rings. The van der Waals surface area contributed by atoms with E-state index < -0.39 is 5.69 Å². The highest BCUT2D eigenvalue weighted by molar-refractivity contribution is 7.17. The quantitative estimate of drug-likeness (QED) is 0.501. The van der Waals surface area contributed by atoms with E-state index in [1.165, 1.54) is 15.7 Å². The summed E-state index contributed by atoms with van der Waals surface area (Å²) < 4.78 is 4.66. The van der Waals surface area contributed by atoms with Crippen molar-refractivity contribution in [2.45, 2.75) is 51.2 Å². The van der Waals surface area contributed by atoms with Gasteiger partial charge in [0, 0.05) is 12.6 Å². The number of hydrogen-bond acceptors (Lipinski definition) is 5. The molecule has 160 valence electrons. The first-order chi connectivity index (χ1) is 15.1. The van der Waals surface area contributed by atoms with Gasteiger partial charge in [0.1, 0.15) is 11.2 Å². The van der Waals surface area contributed by atoms with Gasteiger partial charge in [-0.3, -0.25) is 14.2 Å². The van der Waals surface area contributed by atoms with Gasteiger partial charge in [-0.15, -0.1) is 16.4 Å². The van der Waals surface area contributed by atoms with Gasteiger partial charge >= 0.3 is 5.69 Å². The molecular weight excluding hydrogens is 414 g/mol. The maximum absolute atomic E-state index is 13.1. The molecule has 0 atom stereocenters. The van der Waals surface area contributed by atoms with Crippen LogP contribution in [0.4, 0.5) is 0 Å². The molecule has 0 unspecified atom stereocenters. The Morgan fingerprint density at radius 2 is 1.90 bits per heavy atom. The number of benzene rings is 1. The van der Waals surface area contributed by atoms with Gasteiger partial charge in [-0.25, -0.2) is 13.9 Å². The molecule has 9 heteroatoms. The van der Waals surface area contributed by atoms with Crippen molar-refractivity contribution in [3.8, 4) is 0 Å². The number of carbonyl (C=O) groups excluding carboxylic acids is 1. The zero-order valence-electron chi connectivity index (χ0n) is 17.0. The fourth-order valence-electron chi connectivity index (χ4n) is 4.30. The summed E-state index contributed by atoms with van der Waals surface area (Å²) in [5, 5.41) is 9.19. The van der Waals surface area contributed by atoms with Crippen LogP contribution in [-0.2, 0) is 24.3 Å². The first kappa shape index (κ1) is 19.7. The van der Waals surface area contributed by atoms with Gasteiger partial charge in [0.05, 0.1) is 5.52 Å². The molecule has 0 bridgehead atoms. The smallest absolute Gasteiger partial charge is 0.352 e. The van der Waals surface area contributed by atoms with Crippen LogP contribution in [0, 0.1) is 0 Å². The Balaban J connectivity index is 1.53. The Hall–Kier alpha value is -3.20. The van der Waals surface area contributed by atoms with E-state index >= 15 is 0 Å². The molecule has 0 aliphatic heterocycles. The van der Waals surface area contributed by atoms with Crippen molar-refractivity contribution in [1.29, 1.82) is 0 Å². The molecular formula is C22H23N5O3S. The average Bonchev–Trinajstić information content (AvgIpc) is 3.50. The number of nitrogens with zero attached hydrogens (tertiary/aromatic N) is 4. The van der Waals surface area contributed by atoms with Crippen molar-refractivity contribution in [2.24, 2.45) is 0 Å². The molecule has 1 N–H and O–H groups in total. The molecule has 1 aliphatic carbocycles. The van der Waals surface area contributed by atoms with Gasteiger partial charge in [0.15, 0.2) is 0 Å². The number of amides is 1. The third-order valence-corrected chi connectivity index (χ3v) is 6.76. The predicted molar refractivity (Wildman–Crippen MR) is 120 cm³/mol. The van der Waals surface area contributed by atoms with Crippen LogP contribution in [0.15, 0.2) is 51.4 Å². The minimum atomic E-state index is -0.409. The Morgan fingerprint density at radius 3 is 2.68 bits per heavy atom. The lowest BCUT2D eigenvalue weighted by molar-refractivity contribution is -0.122. The molecule has 0 saturated heterocycles. The summed E-state index contributed by atoms with van der Waals surface area (Å²) in [5.74, 6) is 0.0441. The van der Waals surface area contributed by atoms with Gasteiger partial charge in [-0.2, -0.15) is 0 Å². The van der Waals surface area contributed by atoms with E-state index in [9.17, 15) is 14.4 Å².